The third-order valence-electron chi connectivity index (χ3n) is 1.85. The molecule has 0 saturated heterocycles. The van der Waals surface area contributed by atoms with Gasteiger partial charge in [-0.3, -0.25) is 5.32 Å². The first-order chi connectivity index (χ1) is 7.22. The smallest absolute Gasteiger partial charge is 0.105 e. The van der Waals surface area contributed by atoms with E-state index in [0.29, 0.717) is 6.04 Å². The molecule has 80 valence electrons. The van der Waals surface area contributed by atoms with Crippen molar-refractivity contribution in [3.63, 3.8) is 0 Å². The lowest BCUT2D eigenvalue weighted by molar-refractivity contribution is 0.560. The molecule has 0 heterocycles. The predicted molar refractivity (Wildman–Crippen MR) is 64.8 cm³/mol. The third kappa shape index (κ3) is 4.87. The molecule has 3 heteroatoms. The Morgan fingerprint density at radius 2 is 2.00 bits per heavy atom. The van der Waals surface area contributed by atoms with Crippen LogP contribution in [0.5, 0.6) is 0 Å². The molecule has 1 N–H and O–H groups in total. The lowest BCUT2D eigenvalue weighted by Gasteiger charge is -2.13. The second-order valence-electron chi connectivity index (χ2n) is 3.63. The molecule has 0 radical (unpaired) electrons. The van der Waals surface area contributed by atoms with E-state index in [4.69, 9.17) is 5.26 Å². The van der Waals surface area contributed by atoms with Crippen molar-refractivity contribution in [1.29, 1.82) is 5.26 Å². The molecule has 0 spiro atoms. The summed E-state index contributed by atoms with van der Waals surface area (Å²) in [5.41, 5.74) is 0. The zero-order chi connectivity index (χ0) is 11.1. The van der Waals surface area contributed by atoms with Gasteiger partial charge in [-0.15, -0.1) is 11.8 Å². The van der Waals surface area contributed by atoms with Crippen LogP contribution in [0.15, 0.2) is 35.2 Å². The summed E-state index contributed by atoms with van der Waals surface area (Å²) in [6.45, 7) is 4.11. The Labute approximate surface area is 95.7 Å². The number of hydrogen-bond acceptors (Lipinski definition) is 3. The molecular weight excluding hydrogens is 204 g/mol. The summed E-state index contributed by atoms with van der Waals surface area (Å²) in [5, 5.41) is 12.1. The molecule has 0 bridgehead atoms. The van der Waals surface area contributed by atoms with E-state index in [1.165, 1.54) is 4.90 Å². The Hall–Kier alpha value is -0.980. The standard InChI is InChI=1S/C12H16N2S/c1-10(2)14-11(8-13)9-15-12-6-4-3-5-7-12/h3-7,10-11,14H,9H2,1-2H3. The van der Waals surface area contributed by atoms with E-state index < -0.39 is 0 Å². The van der Waals surface area contributed by atoms with E-state index in [-0.39, 0.29) is 6.04 Å². The Balaban J connectivity index is 2.39. The summed E-state index contributed by atoms with van der Waals surface area (Å²) >= 11 is 1.71. The molecule has 0 fully saturated rings. The van der Waals surface area contributed by atoms with Gasteiger partial charge in [-0.05, 0) is 26.0 Å². The normalized spacial score (nSPS) is 12.4. The van der Waals surface area contributed by atoms with Crippen LogP contribution in [0.3, 0.4) is 0 Å². The van der Waals surface area contributed by atoms with Gasteiger partial charge in [0.15, 0.2) is 0 Å². The molecule has 0 aliphatic carbocycles. The number of nitrogens with one attached hydrogen (secondary N) is 1. The predicted octanol–water partition coefficient (Wildman–Crippen LogP) is 2.67. The van der Waals surface area contributed by atoms with Crippen LogP contribution in [0.2, 0.25) is 0 Å². The van der Waals surface area contributed by atoms with Gasteiger partial charge in [-0.2, -0.15) is 5.26 Å². The molecule has 0 saturated carbocycles. The number of hydrogen-bond donors (Lipinski definition) is 1. The van der Waals surface area contributed by atoms with E-state index in [0.717, 1.165) is 5.75 Å². The SMILES string of the molecule is CC(C)NC(C#N)CSc1ccccc1. The van der Waals surface area contributed by atoms with Crippen LogP contribution in [0.1, 0.15) is 13.8 Å². The monoisotopic (exact) mass is 220 g/mol. The highest BCUT2D eigenvalue weighted by Gasteiger charge is 2.08. The zero-order valence-corrected chi connectivity index (χ0v) is 9.92. The highest BCUT2D eigenvalue weighted by molar-refractivity contribution is 7.99. The van der Waals surface area contributed by atoms with Crippen LogP contribution >= 0.6 is 11.8 Å². The average Bonchev–Trinajstić information content (AvgIpc) is 2.25. The number of rotatable bonds is 5. The molecule has 0 aromatic heterocycles. The van der Waals surface area contributed by atoms with Crippen molar-refractivity contribution >= 4 is 11.8 Å². The van der Waals surface area contributed by atoms with E-state index in [1.807, 2.05) is 18.2 Å². The van der Waals surface area contributed by atoms with Gasteiger partial charge in [0.2, 0.25) is 0 Å². The molecule has 1 unspecified atom stereocenters. The summed E-state index contributed by atoms with van der Waals surface area (Å²) < 4.78 is 0. The van der Waals surface area contributed by atoms with E-state index in [9.17, 15) is 0 Å². The molecule has 15 heavy (non-hydrogen) atoms. The highest BCUT2D eigenvalue weighted by Crippen LogP contribution is 2.17. The van der Waals surface area contributed by atoms with Crippen molar-refractivity contribution in [1.82, 2.24) is 5.32 Å². The highest BCUT2D eigenvalue weighted by atomic mass is 32.2. The summed E-state index contributed by atoms with van der Waals surface area (Å²) in [6, 6.07) is 12.7. The molecule has 1 aromatic carbocycles. The van der Waals surface area contributed by atoms with E-state index in [1.54, 1.807) is 11.8 Å². The largest absolute Gasteiger partial charge is 0.299 e. The maximum atomic E-state index is 8.93. The summed E-state index contributed by atoms with van der Waals surface area (Å²) in [7, 11) is 0. The van der Waals surface area contributed by atoms with Crippen molar-refractivity contribution in [3.8, 4) is 6.07 Å². The van der Waals surface area contributed by atoms with Crippen LogP contribution in [-0.2, 0) is 0 Å². The second kappa shape index (κ2) is 6.49. The second-order valence-corrected chi connectivity index (χ2v) is 4.72. The molecule has 0 amide bonds. The maximum Gasteiger partial charge on any atom is 0.105 e. The fraction of sp³-hybridized carbons (Fsp3) is 0.417. The summed E-state index contributed by atoms with van der Waals surface area (Å²) in [6.07, 6.45) is 0. The molecule has 0 aliphatic rings. The van der Waals surface area contributed by atoms with E-state index >= 15 is 0 Å². The van der Waals surface area contributed by atoms with Crippen LogP contribution in [-0.4, -0.2) is 17.8 Å². The van der Waals surface area contributed by atoms with Gasteiger partial charge in [0, 0.05) is 16.7 Å². The first-order valence-electron chi connectivity index (χ1n) is 5.06. The Morgan fingerprint density at radius 1 is 1.33 bits per heavy atom. The third-order valence-corrected chi connectivity index (χ3v) is 2.96. The summed E-state index contributed by atoms with van der Waals surface area (Å²) in [5.74, 6) is 0.790. The van der Waals surface area contributed by atoms with Gasteiger partial charge in [0.05, 0.1) is 6.07 Å². The lowest BCUT2D eigenvalue weighted by atomic mass is 10.3. The van der Waals surface area contributed by atoms with Gasteiger partial charge in [-0.1, -0.05) is 18.2 Å². The van der Waals surface area contributed by atoms with Gasteiger partial charge in [0.1, 0.15) is 6.04 Å². The van der Waals surface area contributed by atoms with Crippen molar-refractivity contribution in [2.75, 3.05) is 5.75 Å². The zero-order valence-electron chi connectivity index (χ0n) is 9.10. The van der Waals surface area contributed by atoms with Crippen molar-refractivity contribution in [2.45, 2.75) is 30.8 Å². The van der Waals surface area contributed by atoms with Gasteiger partial charge < -0.3 is 0 Å². The maximum absolute atomic E-state index is 8.93. The van der Waals surface area contributed by atoms with Crippen LogP contribution in [0, 0.1) is 11.3 Å². The van der Waals surface area contributed by atoms with Crippen molar-refractivity contribution in [2.24, 2.45) is 0 Å². The molecule has 2 nitrogen and oxygen atoms in total. The van der Waals surface area contributed by atoms with Crippen molar-refractivity contribution in [3.05, 3.63) is 30.3 Å². The first kappa shape index (κ1) is 12.1. The summed E-state index contributed by atoms with van der Waals surface area (Å²) in [4.78, 5) is 1.21. The molecule has 1 rings (SSSR count). The van der Waals surface area contributed by atoms with Gasteiger partial charge in [-0.25, -0.2) is 0 Å². The minimum absolute atomic E-state index is 0.0739. The fourth-order valence-corrected chi connectivity index (χ4v) is 2.10. The number of nitriles is 1. The fourth-order valence-electron chi connectivity index (χ4n) is 1.22. The topological polar surface area (TPSA) is 35.8 Å². The van der Waals surface area contributed by atoms with Crippen LogP contribution in [0.25, 0.3) is 0 Å². The number of thioether (sulfide) groups is 1. The average molecular weight is 220 g/mol. The number of benzene rings is 1. The van der Waals surface area contributed by atoms with Gasteiger partial charge in [0.25, 0.3) is 0 Å². The molecule has 1 atom stereocenters. The van der Waals surface area contributed by atoms with E-state index in [2.05, 4.69) is 37.4 Å². The number of nitrogens with zero attached hydrogens (tertiary/aromatic N) is 1. The van der Waals surface area contributed by atoms with Crippen LogP contribution < -0.4 is 5.32 Å². The molecule has 1 aromatic rings. The van der Waals surface area contributed by atoms with Crippen molar-refractivity contribution < 1.29 is 0 Å². The Bertz CT molecular complexity index is 316. The Kier molecular flexibility index (Phi) is 5.23. The quantitative estimate of drug-likeness (QED) is 0.775. The van der Waals surface area contributed by atoms with Crippen LogP contribution in [0.4, 0.5) is 0 Å². The van der Waals surface area contributed by atoms with Gasteiger partial charge >= 0.3 is 0 Å². The minimum Gasteiger partial charge on any atom is -0.299 e. The molecule has 0 aliphatic heterocycles. The minimum atomic E-state index is -0.0739. The molecular formula is C12H16N2S. The lowest BCUT2D eigenvalue weighted by Crippen LogP contribution is -2.35. The first-order valence-corrected chi connectivity index (χ1v) is 6.04. The Morgan fingerprint density at radius 3 is 2.53 bits per heavy atom.